The molecule has 2 bridgehead atoms. The summed E-state index contributed by atoms with van der Waals surface area (Å²) in [6, 6.07) is 7.15. The van der Waals surface area contributed by atoms with Crippen LogP contribution in [0.2, 0.25) is 5.02 Å². The highest BCUT2D eigenvalue weighted by Crippen LogP contribution is 2.36. The SMILES string of the molecule is COc1cc(Cl)ccc1OCc1cc(C(=O)N2C[C@@H]3CCC[C@H]2C3)no1. The molecule has 0 N–H and O–H groups in total. The molecule has 1 amide bonds. The van der Waals surface area contributed by atoms with Crippen LogP contribution < -0.4 is 9.47 Å². The van der Waals surface area contributed by atoms with E-state index in [1.807, 2.05) is 4.90 Å². The number of ether oxygens (including phenoxy) is 2. The summed E-state index contributed by atoms with van der Waals surface area (Å²) in [5.41, 5.74) is 0.347. The van der Waals surface area contributed by atoms with Crippen molar-refractivity contribution in [3.63, 3.8) is 0 Å². The fraction of sp³-hybridized carbons (Fsp3) is 0.474. The summed E-state index contributed by atoms with van der Waals surface area (Å²) in [6.45, 7) is 0.995. The Morgan fingerprint density at radius 3 is 3.04 bits per heavy atom. The largest absolute Gasteiger partial charge is 0.493 e. The maximum atomic E-state index is 12.7. The number of fused-ring (bicyclic) bond motifs is 2. The molecule has 2 fully saturated rings. The van der Waals surface area contributed by atoms with Crippen molar-refractivity contribution in [2.45, 2.75) is 38.3 Å². The van der Waals surface area contributed by atoms with Gasteiger partial charge in [-0.25, -0.2) is 0 Å². The van der Waals surface area contributed by atoms with E-state index in [2.05, 4.69) is 5.16 Å². The first-order valence-corrected chi connectivity index (χ1v) is 9.24. The lowest BCUT2D eigenvalue weighted by molar-refractivity contribution is 0.0722. The number of nitrogens with zero attached hydrogens (tertiary/aromatic N) is 2. The number of amides is 1. The molecule has 4 rings (SSSR count). The fourth-order valence-electron chi connectivity index (χ4n) is 3.93. The third kappa shape index (κ3) is 3.38. The van der Waals surface area contributed by atoms with Crippen LogP contribution in [0.4, 0.5) is 0 Å². The van der Waals surface area contributed by atoms with Crippen molar-refractivity contribution in [3.05, 3.63) is 40.7 Å². The number of hydrogen-bond donors (Lipinski definition) is 0. The number of carbonyl (C=O) groups excluding carboxylic acids is 1. The van der Waals surface area contributed by atoms with E-state index in [1.54, 1.807) is 31.4 Å². The molecule has 1 aromatic heterocycles. The van der Waals surface area contributed by atoms with Crippen molar-refractivity contribution in [3.8, 4) is 11.5 Å². The average Bonchev–Trinajstić information content (AvgIpc) is 3.24. The van der Waals surface area contributed by atoms with Crippen LogP contribution in [0.5, 0.6) is 11.5 Å². The molecule has 0 spiro atoms. The Morgan fingerprint density at radius 2 is 2.23 bits per heavy atom. The van der Waals surface area contributed by atoms with Gasteiger partial charge in [0.2, 0.25) is 0 Å². The molecule has 26 heavy (non-hydrogen) atoms. The van der Waals surface area contributed by atoms with Crippen molar-refractivity contribution < 1.29 is 18.8 Å². The van der Waals surface area contributed by atoms with E-state index >= 15 is 0 Å². The van der Waals surface area contributed by atoms with E-state index < -0.39 is 0 Å². The number of aromatic nitrogens is 1. The number of rotatable bonds is 5. The fourth-order valence-corrected chi connectivity index (χ4v) is 4.09. The minimum absolute atomic E-state index is 0.0431. The van der Waals surface area contributed by atoms with Crippen molar-refractivity contribution in [2.75, 3.05) is 13.7 Å². The standard InChI is InChI=1S/C19H21ClN2O4/c1-24-18-8-13(20)5-6-17(18)25-11-15-9-16(21-26-15)19(23)22-10-12-3-2-4-14(22)7-12/h5-6,8-9,12,14H,2-4,7,10-11H2,1H3/t12-,14+/m1/s1. The molecule has 0 unspecified atom stereocenters. The Morgan fingerprint density at radius 1 is 1.35 bits per heavy atom. The van der Waals surface area contributed by atoms with Gasteiger partial charge < -0.3 is 18.9 Å². The first-order valence-electron chi connectivity index (χ1n) is 8.87. The summed E-state index contributed by atoms with van der Waals surface area (Å²) in [4.78, 5) is 14.7. The molecular formula is C19H21ClN2O4. The van der Waals surface area contributed by atoms with E-state index in [9.17, 15) is 4.79 Å². The second-order valence-electron chi connectivity index (χ2n) is 6.91. The second-order valence-corrected chi connectivity index (χ2v) is 7.34. The minimum Gasteiger partial charge on any atom is -0.493 e. The Bertz CT molecular complexity index is 807. The quantitative estimate of drug-likeness (QED) is 0.791. The molecule has 6 nitrogen and oxygen atoms in total. The number of hydrogen-bond acceptors (Lipinski definition) is 5. The van der Waals surface area contributed by atoms with E-state index in [1.165, 1.54) is 12.8 Å². The molecule has 2 atom stereocenters. The van der Waals surface area contributed by atoms with Crippen LogP contribution in [-0.2, 0) is 6.61 Å². The summed E-state index contributed by atoms with van der Waals surface area (Å²) in [5, 5.41) is 4.51. The van der Waals surface area contributed by atoms with Crippen LogP contribution in [-0.4, -0.2) is 35.7 Å². The lowest BCUT2D eigenvalue weighted by Crippen LogP contribution is -2.35. The number of halogens is 1. The summed E-state index contributed by atoms with van der Waals surface area (Å²) < 4.78 is 16.3. The summed E-state index contributed by atoms with van der Waals surface area (Å²) in [7, 11) is 1.55. The smallest absolute Gasteiger partial charge is 0.276 e. The average molecular weight is 377 g/mol. The zero-order valence-corrected chi connectivity index (χ0v) is 15.4. The zero-order valence-electron chi connectivity index (χ0n) is 14.6. The van der Waals surface area contributed by atoms with Crippen molar-refractivity contribution in [2.24, 2.45) is 5.92 Å². The van der Waals surface area contributed by atoms with Gasteiger partial charge in [0.25, 0.3) is 5.91 Å². The number of benzene rings is 1. The lowest BCUT2D eigenvalue weighted by Gasteiger charge is -2.23. The van der Waals surface area contributed by atoms with Gasteiger partial charge in [-0.1, -0.05) is 23.2 Å². The van der Waals surface area contributed by atoms with Crippen molar-refractivity contribution >= 4 is 17.5 Å². The normalized spacial score (nSPS) is 21.7. The van der Waals surface area contributed by atoms with Crippen LogP contribution in [0.25, 0.3) is 0 Å². The van der Waals surface area contributed by atoms with Gasteiger partial charge in [-0.3, -0.25) is 4.79 Å². The number of methoxy groups -OCH3 is 1. The molecular weight excluding hydrogens is 356 g/mol. The summed E-state index contributed by atoms with van der Waals surface area (Å²) in [5.74, 6) is 2.18. The van der Waals surface area contributed by atoms with Gasteiger partial charge in [0, 0.05) is 29.7 Å². The Balaban J connectivity index is 1.41. The van der Waals surface area contributed by atoms with Crippen LogP contribution in [0, 0.1) is 5.92 Å². The maximum absolute atomic E-state index is 12.7. The first-order chi connectivity index (χ1) is 12.6. The summed E-state index contributed by atoms with van der Waals surface area (Å²) >= 11 is 5.95. The third-order valence-electron chi connectivity index (χ3n) is 5.19. The highest BCUT2D eigenvalue weighted by Gasteiger charge is 2.38. The number of carbonyl (C=O) groups is 1. The molecule has 1 aliphatic heterocycles. The van der Waals surface area contributed by atoms with Crippen LogP contribution in [0.3, 0.4) is 0 Å². The molecule has 2 aromatic rings. The van der Waals surface area contributed by atoms with E-state index in [0.717, 1.165) is 19.4 Å². The Hall–Kier alpha value is -2.21. The van der Waals surface area contributed by atoms with Gasteiger partial charge in [-0.05, 0) is 37.3 Å². The summed E-state index contributed by atoms with van der Waals surface area (Å²) in [6.07, 6.45) is 4.64. The number of likely N-dealkylation sites (tertiary alicyclic amines) is 1. The highest BCUT2D eigenvalue weighted by atomic mass is 35.5. The molecule has 7 heteroatoms. The van der Waals surface area contributed by atoms with Crippen LogP contribution in [0.15, 0.2) is 28.8 Å². The van der Waals surface area contributed by atoms with Gasteiger partial charge in [0.1, 0.15) is 6.61 Å². The predicted molar refractivity (Wildman–Crippen MR) is 95.6 cm³/mol. The van der Waals surface area contributed by atoms with Gasteiger partial charge in [-0.15, -0.1) is 0 Å². The topological polar surface area (TPSA) is 64.8 Å². The molecule has 1 aromatic carbocycles. The molecule has 2 aliphatic rings. The molecule has 1 saturated carbocycles. The highest BCUT2D eigenvalue weighted by molar-refractivity contribution is 6.30. The lowest BCUT2D eigenvalue weighted by atomic mass is 9.90. The minimum atomic E-state index is -0.0431. The third-order valence-corrected chi connectivity index (χ3v) is 5.42. The molecule has 1 aliphatic carbocycles. The van der Waals surface area contributed by atoms with E-state index in [4.69, 9.17) is 25.6 Å². The van der Waals surface area contributed by atoms with Gasteiger partial charge >= 0.3 is 0 Å². The second kappa shape index (κ2) is 7.19. The predicted octanol–water partition coefficient (Wildman–Crippen LogP) is 3.93. The Labute approximate surface area is 157 Å². The Kier molecular flexibility index (Phi) is 4.76. The molecule has 138 valence electrons. The van der Waals surface area contributed by atoms with Gasteiger partial charge in [-0.2, -0.15) is 0 Å². The van der Waals surface area contributed by atoms with Gasteiger partial charge in [0.15, 0.2) is 23.0 Å². The molecule has 0 radical (unpaired) electrons. The van der Waals surface area contributed by atoms with Crippen molar-refractivity contribution in [1.82, 2.24) is 10.1 Å². The zero-order chi connectivity index (χ0) is 18.1. The first kappa shape index (κ1) is 17.2. The van der Waals surface area contributed by atoms with E-state index in [0.29, 0.717) is 39.9 Å². The maximum Gasteiger partial charge on any atom is 0.276 e. The monoisotopic (exact) mass is 376 g/mol. The molecule has 1 saturated heterocycles. The van der Waals surface area contributed by atoms with Crippen LogP contribution >= 0.6 is 11.6 Å². The van der Waals surface area contributed by atoms with Crippen LogP contribution in [0.1, 0.15) is 41.9 Å². The van der Waals surface area contributed by atoms with Crippen molar-refractivity contribution in [1.29, 1.82) is 0 Å². The van der Waals surface area contributed by atoms with Gasteiger partial charge in [0.05, 0.1) is 7.11 Å². The molecule has 2 heterocycles. The van der Waals surface area contributed by atoms with E-state index in [-0.39, 0.29) is 12.5 Å².